The fourth-order valence-electron chi connectivity index (χ4n) is 4.01. The summed E-state index contributed by atoms with van der Waals surface area (Å²) in [7, 11) is -4.34. The van der Waals surface area contributed by atoms with Crippen LogP contribution in [-0.4, -0.2) is 18.4 Å². The van der Waals surface area contributed by atoms with E-state index in [0.717, 1.165) is 20.5 Å². The number of alkyl halides is 3. The predicted molar refractivity (Wildman–Crippen MR) is 131 cm³/mol. The van der Waals surface area contributed by atoms with Gasteiger partial charge in [0.2, 0.25) is 0 Å². The van der Waals surface area contributed by atoms with Gasteiger partial charge in [0, 0.05) is 17.1 Å². The maximum absolute atomic E-state index is 14.1. The lowest BCUT2D eigenvalue weighted by Gasteiger charge is -2.25. The van der Waals surface area contributed by atoms with Gasteiger partial charge in [-0.1, -0.05) is 30.3 Å². The maximum atomic E-state index is 14.1. The van der Waals surface area contributed by atoms with Gasteiger partial charge in [-0.2, -0.15) is 13.2 Å². The minimum absolute atomic E-state index is 0.0181. The van der Waals surface area contributed by atoms with Crippen LogP contribution in [0.2, 0.25) is 0 Å². The summed E-state index contributed by atoms with van der Waals surface area (Å²) in [6.07, 6.45) is -2.13. The predicted octanol–water partition coefficient (Wildman–Crippen LogP) is 6.71. The molecular weight excluding hydrogens is 514 g/mol. The molecule has 5 nitrogen and oxygen atoms in total. The Hall–Kier alpha value is -3.57. The summed E-state index contributed by atoms with van der Waals surface area (Å²) in [5, 5.41) is 1.17. The molecule has 0 unspecified atom stereocenters. The first kappa shape index (κ1) is 24.1. The van der Waals surface area contributed by atoms with E-state index in [2.05, 4.69) is 9.97 Å². The first-order valence-corrected chi connectivity index (χ1v) is 12.9. The standard InChI is InChI=1S/C25H17F4N3O2S2/c1-15-17-5-2-3-7-21(17)35-24(15)32(14-16-9-10-19(26)18(13-16)25(27,28)29)36(33,34)22-8-4-6-20-23(22)31-12-11-30-20/h2-13H,14H2,1H3. The smallest absolute Gasteiger partial charge is 0.253 e. The van der Waals surface area contributed by atoms with Crippen LogP contribution in [0.15, 0.2) is 78.0 Å². The van der Waals surface area contributed by atoms with Gasteiger partial charge in [-0.15, -0.1) is 11.3 Å². The fraction of sp³-hybridized carbons (Fsp3) is 0.120. The number of aromatic nitrogens is 2. The zero-order valence-electron chi connectivity index (χ0n) is 18.6. The van der Waals surface area contributed by atoms with E-state index in [-0.39, 0.29) is 16.0 Å². The van der Waals surface area contributed by atoms with E-state index < -0.39 is 34.1 Å². The number of benzene rings is 3. The fourth-order valence-corrected chi connectivity index (χ4v) is 7.10. The zero-order valence-corrected chi connectivity index (χ0v) is 20.3. The molecule has 0 bridgehead atoms. The molecule has 0 saturated heterocycles. The third kappa shape index (κ3) is 4.18. The van der Waals surface area contributed by atoms with E-state index in [9.17, 15) is 26.0 Å². The van der Waals surface area contributed by atoms with E-state index in [4.69, 9.17) is 0 Å². The second-order valence-electron chi connectivity index (χ2n) is 8.03. The molecule has 2 aromatic heterocycles. The van der Waals surface area contributed by atoms with Crippen molar-refractivity contribution in [2.45, 2.75) is 24.5 Å². The summed E-state index contributed by atoms with van der Waals surface area (Å²) in [6.45, 7) is 1.31. The van der Waals surface area contributed by atoms with Crippen LogP contribution >= 0.6 is 11.3 Å². The molecule has 0 saturated carbocycles. The molecule has 184 valence electrons. The molecule has 5 aromatic rings. The van der Waals surface area contributed by atoms with Gasteiger partial charge in [-0.05, 0) is 53.8 Å². The van der Waals surface area contributed by atoms with Gasteiger partial charge in [0.25, 0.3) is 10.0 Å². The number of halogens is 4. The molecule has 0 spiro atoms. The number of sulfonamides is 1. The van der Waals surface area contributed by atoms with Gasteiger partial charge in [-0.25, -0.2) is 12.8 Å². The number of anilines is 1. The van der Waals surface area contributed by atoms with E-state index in [1.54, 1.807) is 13.0 Å². The van der Waals surface area contributed by atoms with Crippen LogP contribution in [0, 0.1) is 12.7 Å². The van der Waals surface area contributed by atoms with Crippen LogP contribution in [-0.2, 0) is 22.7 Å². The highest BCUT2D eigenvalue weighted by atomic mass is 32.2. The van der Waals surface area contributed by atoms with E-state index in [1.165, 1.54) is 35.9 Å². The lowest BCUT2D eigenvalue weighted by Crippen LogP contribution is -2.31. The summed E-state index contributed by atoms with van der Waals surface area (Å²) < 4.78 is 84.2. The Morgan fingerprint density at radius 3 is 2.47 bits per heavy atom. The highest BCUT2D eigenvalue weighted by molar-refractivity contribution is 7.93. The van der Waals surface area contributed by atoms with Crippen molar-refractivity contribution < 1.29 is 26.0 Å². The Balaban J connectivity index is 1.72. The van der Waals surface area contributed by atoms with E-state index >= 15 is 0 Å². The molecule has 36 heavy (non-hydrogen) atoms. The number of rotatable bonds is 5. The van der Waals surface area contributed by atoms with Crippen molar-refractivity contribution in [2.75, 3.05) is 4.31 Å². The molecule has 0 aliphatic rings. The van der Waals surface area contributed by atoms with Crippen molar-refractivity contribution >= 4 is 47.5 Å². The molecule has 0 N–H and O–H groups in total. The third-order valence-electron chi connectivity index (χ3n) is 5.74. The van der Waals surface area contributed by atoms with Crippen LogP contribution in [0.5, 0.6) is 0 Å². The summed E-state index contributed by atoms with van der Waals surface area (Å²) >= 11 is 1.21. The SMILES string of the molecule is Cc1c(N(Cc2ccc(F)c(C(F)(F)F)c2)S(=O)(=O)c2cccc3nccnc23)sc2ccccc12. The number of fused-ring (bicyclic) bond motifs is 2. The Morgan fingerprint density at radius 1 is 0.972 bits per heavy atom. The lowest BCUT2D eigenvalue weighted by atomic mass is 10.1. The minimum atomic E-state index is -4.93. The number of nitrogens with zero attached hydrogens (tertiary/aromatic N) is 3. The summed E-state index contributed by atoms with van der Waals surface area (Å²) in [4.78, 5) is 8.22. The Bertz CT molecular complexity index is 1710. The average molecular weight is 532 g/mol. The molecule has 2 heterocycles. The van der Waals surface area contributed by atoms with Gasteiger partial charge in [0.15, 0.2) is 0 Å². The molecule has 0 fully saturated rings. The van der Waals surface area contributed by atoms with Crippen LogP contribution in [0.3, 0.4) is 0 Å². The number of hydrogen-bond acceptors (Lipinski definition) is 5. The first-order chi connectivity index (χ1) is 17.1. The Kier molecular flexibility index (Phi) is 5.92. The number of thiophene rings is 1. The van der Waals surface area contributed by atoms with Crippen LogP contribution in [0.1, 0.15) is 16.7 Å². The van der Waals surface area contributed by atoms with Crippen molar-refractivity contribution in [1.29, 1.82) is 0 Å². The maximum Gasteiger partial charge on any atom is 0.419 e. The molecule has 0 atom stereocenters. The second kappa shape index (κ2) is 8.82. The third-order valence-corrected chi connectivity index (χ3v) is 8.93. The topological polar surface area (TPSA) is 63.2 Å². The van der Waals surface area contributed by atoms with Gasteiger partial charge in [0.1, 0.15) is 21.2 Å². The summed E-state index contributed by atoms with van der Waals surface area (Å²) in [5.41, 5.74) is -0.327. The van der Waals surface area contributed by atoms with Gasteiger partial charge in [0.05, 0.1) is 17.6 Å². The zero-order chi connectivity index (χ0) is 25.7. The van der Waals surface area contributed by atoms with Crippen molar-refractivity contribution in [3.05, 3.63) is 95.6 Å². The highest BCUT2D eigenvalue weighted by Gasteiger charge is 2.35. The average Bonchev–Trinajstić information content (AvgIpc) is 3.18. The molecular formula is C25H17F4N3O2S2. The quantitative estimate of drug-likeness (QED) is 0.237. The molecule has 0 aliphatic carbocycles. The van der Waals surface area contributed by atoms with Crippen LogP contribution < -0.4 is 4.31 Å². The Morgan fingerprint density at radius 2 is 1.72 bits per heavy atom. The largest absolute Gasteiger partial charge is 0.419 e. The number of para-hydroxylation sites is 1. The van der Waals surface area contributed by atoms with Gasteiger partial charge >= 0.3 is 6.18 Å². The first-order valence-electron chi connectivity index (χ1n) is 10.6. The molecule has 0 aliphatic heterocycles. The highest BCUT2D eigenvalue weighted by Crippen LogP contribution is 2.41. The van der Waals surface area contributed by atoms with Crippen molar-refractivity contribution in [1.82, 2.24) is 9.97 Å². The molecule has 0 amide bonds. The van der Waals surface area contributed by atoms with Crippen molar-refractivity contribution in [3.63, 3.8) is 0 Å². The van der Waals surface area contributed by atoms with Crippen LogP contribution in [0.25, 0.3) is 21.1 Å². The lowest BCUT2D eigenvalue weighted by molar-refractivity contribution is -0.140. The van der Waals surface area contributed by atoms with E-state index in [0.29, 0.717) is 28.2 Å². The Labute approximate surface area is 207 Å². The number of hydrogen-bond donors (Lipinski definition) is 0. The van der Waals surface area contributed by atoms with Gasteiger partial charge < -0.3 is 0 Å². The minimum Gasteiger partial charge on any atom is -0.253 e. The normalized spacial score (nSPS) is 12.4. The second-order valence-corrected chi connectivity index (χ2v) is 10.9. The van der Waals surface area contributed by atoms with E-state index in [1.807, 2.05) is 24.3 Å². The number of aryl methyl sites for hydroxylation is 1. The molecule has 11 heteroatoms. The van der Waals surface area contributed by atoms with Crippen molar-refractivity contribution in [3.8, 4) is 0 Å². The molecule has 5 rings (SSSR count). The monoisotopic (exact) mass is 531 g/mol. The summed E-state index contributed by atoms with van der Waals surface area (Å²) in [6, 6.07) is 14.3. The molecule has 0 radical (unpaired) electrons. The molecule has 3 aromatic carbocycles. The van der Waals surface area contributed by atoms with Gasteiger partial charge in [-0.3, -0.25) is 14.3 Å². The van der Waals surface area contributed by atoms with Crippen LogP contribution in [0.4, 0.5) is 22.6 Å². The van der Waals surface area contributed by atoms with Crippen molar-refractivity contribution in [2.24, 2.45) is 0 Å². The summed E-state index contributed by atoms with van der Waals surface area (Å²) in [5.74, 6) is -1.43.